The fraction of sp³-hybridized carbons (Fsp3) is 0.500. The quantitative estimate of drug-likeness (QED) is 0.857. The molecule has 2 atom stereocenters. The Morgan fingerprint density at radius 3 is 3.16 bits per heavy atom. The Kier molecular flexibility index (Phi) is 2.72. The molecule has 5 heteroatoms. The van der Waals surface area contributed by atoms with Gasteiger partial charge in [-0.15, -0.1) is 11.3 Å². The Balaban J connectivity index is 1.65. The summed E-state index contributed by atoms with van der Waals surface area (Å²) >= 11 is 1.77. The zero-order valence-corrected chi connectivity index (χ0v) is 11.5. The van der Waals surface area contributed by atoms with E-state index in [1.165, 1.54) is 10.1 Å². The highest BCUT2D eigenvalue weighted by Gasteiger charge is 2.35. The van der Waals surface area contributed by atoms with Crippen molar-refractivity contribution in [3.05, 3.63) is 23.7 Å². The molecule has 0 aliphatic carbocycles. The van der Waals surface area contributed by atoms with Gasteiger partial charge in [0.15, 0.2) is 0 Å². The van der Waals surface area contributed by atoms with Gasteiger partial charge in [-0.2, -0.15) is 0 Å². The Labute approximate surface area is 116 Å². The minimum atomic E-state index is -0.143. The van der Waals surface area contributed by atoms with Crippen molar-refractivity contribution in [3.8, 4) is 0 Å². The van der Waals surface area contributed by atoms with Crippen LogP contribution in [-0.2, 0) is 0 Å². The van der Waals surface area contributed by atoms with Crippen LogP contribution in [0.5, 0.6) is 0 Å². The van der Waals surface area contributed by atoms with Crippen molar-refractivity contribution in [1.29, 1.82) is 0 Å². The number of aliphatic hydroxyl groups excluding tert-OH is 1. The van der Waals surface area contributed by atoms with Crippen LogP contribution < -0.4 is 4.90 Å². The summed E-state index contributed by atoms with van der Waals surface area (Å²) < 4.78 is 1.29. The van der Waals surface area contributed by atoms with E-state index in [9.17, 15) is 5.11 Å². The fourth-order valence-electron chi connectivity index (χ4n) is 3.31. The van der Waals surface area contributed by atoms with Crippen LogP contribution in [-0.4, -0.2) is 53.3 Å². The average molecular weight is 275 g/mol. The van der Waals surface area contributed by atoms with Crippen LogP contribution in [0.15, 0.2) is 23.7 Å². The highest BCUT2D eigenvalue weighted by molar-refractivity contribution is 7.17. The summed E-state index contributed by atoms with van der Waals surface area (Å²) in [6, 6.07) is 4.71. The van der Waals surface area contributed by atoms with Gasteiger partial charge >= 0.3 is 0 Å². The van der Waals surface area contributed by atoms with Gasteiger partial charge in [0.05, 0.1) is 10.8 Å². The van der Waals surface area contributed by atoms with E-state index in [0.717, 1.165) is 38.4 Å². The van der Waals surface area contributed by atoms with Crippen molar-refractivity contribution in [2.75, 3.05) is 31.1 Å². The first-order chi connectivity index (χ1) is 9.31. The van der Waals surface area contributed by atoms with Crippen LogP contribution in [0, 0.1) is 0 Å². The van der Waals surface area contributed by atoms with Crippen LogP contribution in [0.1, 0.15) is 6.42 Å². The number of piperazine rings is 1. The van der Waals surface area contributed by atoms with Crippen LogP contribution >= 0.6 is 11.3 Å². The monoisotopic (exact) mass is 275 g/mol. The number of thiophene rings is 1. The Hall–Kier alpha value is -1.17. The molecule has 0 radical (unpaired) electrons. The molecule has 0 amide bonds. The number of nitrogens with zero attached hydrogens (tertiary/aromatic N) is 3. The molecule has 0 unspecified atom stereocenters. The summed E-state index contributed by atoms with van der Waals surface area (Å²) in [6.45, 7) is 3.87. The molecule has 4 rings (SSSR count). The number of fused-ring (bicyclic) bond motifs is 2. The molecule has 19 heavy (non-hydrogen) atoms. The molecule has 4 nitrogen and oxygen atoms in total. The van der Waals surface area contributed by atoms with Crippen molar-refractivity contribution in [2.45, 2.75) is 18.6 Å². The lowest BCUT2D eigenvalue weighted by atomic mass is 10.1. The van der Waals surface area contributed by atoms with Crippen molar-refractivity contribution >= 4 is 27.2 Å². The zero-order valence-electron chi connectivity index (χ0n) is 10.7. The van der Waals surface area contributed by atoms with Crippen molar-refractivity contribution in [1.82, 2.24) is 9.88 Å². The number of aliphatic hydroxyl groups is 1. The molecule has 100 valence electrons. The van der Waals surface area contributed by atoms with E-state index in [1.54, 1.807) is 11.3 Å². The van der Waals surface area contributed by atoms with Crippen LogP contribution in [0.3, 0.4) is 0 Å². The van der Waals surface area contributed by atoms with Gasteiger partial charge in [-0.05, 0) is 29.3 Å². The first-order valence-corrected chi connectivity index (χ1v) is 7.68. The minimum absolute atomic E-state index is 0.143. The zero-order chi connectivity index (χ0) is 12.8. The molecule has 2 fully saturated rings. The third kappa shape index (κ3) is 1.93. The molecule has 0 bridgehead atoms. The van der Waals surface area contributed by atoms with Crippen LogP contribution in [0.2, 0.25) is 0 Å². The maximum atomic E-state index is 9.78. The summed E-state index contributed by atoms with van der Waals surface area (Å²) in [4.78, 5) is 9.39. The van der Waals surface area contributed by atoms with Gasteiger partial charge in [0, 0.05) is 38.4 Å². The normalized spacial score (nSPS) is 27.9. The largest absolute Gasteiger partial charge is 0.392 e. The molecule has 2 aromatic heterocycles. The predicted molar refractivity (Wildman–Crippen MR) is 77.8 cm³/mol. The molecule has 1 N–H and O–H groups in total. The molecule has 0 aromatic carbocycles. The maximum Gasteiger partial charge on any atom is 0.146 e. The van der Waals surface area contributed by atoms with Crippen LogP contribution in [0.25, 0.3) is 10.1 Å². The lowest BCUT2D eigenvalue weighted by Crippen LogP contribution is -2.50. The number of hydrogen-bond acceptors (Lipinski definition) is 5. The van der Waals surface area contributed by atoms with Crippen molar-refractivity contribution < 1.29 is 5.11 Å². The van der Waals surface area contributed by atoms with Gasteiger partial charge in [-0.1, -0.05) is 0 Å². The van der Waals surface area contributed by atoms with E-state index >= 15 is 0 Å². The smallest absolute Gasteiger partial charge is 0.146 e. The second kappa shape index (κ2) is 4.44. The van der Waals surface area contributed by atoms with E-state index in [-0.39, 0.29) is 6.10 Å². The molecule has 0 saturated carbocycles. The maximum absolute atomic E-state index is 9.78. The van der Waals surface area contributed by atoms with Crippen molar-refractivity contribution in [2.24, 2.45) is 0 Å². The van der Waals surface area contributed by atoms with E-state index in [0.29, 0.717) is 6.04 Å². The van der Waals surface area contributed by atoms with Gasteiger partial charge in [-0.25, -0.2) is 4.98 Å². The molecule has 4 heterocycles. The summed E-state index contributed by atoms with van der Waals surface area (Å²) in [5, 5.41) is 13.2. The third-order valence-electron chi connectivity index (χ3n) is 4.24. The number of hydrogen-bond donors (Lipinski definition) is 1. The number of anilines is 1. The molecule has 2 aliphatic heterocycles. The van der Waals surface area contributed by atoms with Crippen molar-refractivity contribution in [3.63, 3.8) is 0 Å². The Bertz CT molecular complexity index is 599. The topological polar surface area (TPSA) is 39.6 Å². The molecular weight excluding hydrogens is 258 g/mol. The van der Waals surface area contributed by atoms with E-state index in [2.05, 4.69) is 32.3 Å². The fourth-order valence-corrected chi connectivity index (χ4v) is 4.22. The van der Waals surface area contributed by atoms with Crippen LogP contribution in [0.4, 0.5) is 5.82 Å². The van der Waals surface area contributed by atoms with Gasteiger partial charge < -0.3 is 10.0 Å². The number of pyridine rings is 1. The number of rotatable bonds is 1. The van der Waals surface area contributed by atoms with Gasteiger partial charge in [0.1, 0.15) is 5.82 Å². The van der Waals surface area contributed by atoms with E-state index in [4.69, 9.17) is 0 Å². The third-order valence-corrected chi connectivity index (χ3v) is 5.17. The van der Waals surface area contributed by atoms with E-state index in [1.807, 2.05) is 6.20 Å². The number of aromatic nitrogens is 1. The minimum Gasteiger partial charge on any atom is -0.392 e. The molecule has 2 aromatic rings. The Morgan fingerprint density at radius 2 is 2.21 bits per heavy atom. The summed E-state index contributed by atoms with van der Waals surface area (Å²) in [5.74, 6) is 1.12. The first kappa shape index (κ1) is 11.6. The van der Waals surface area contributed by atoms with E-state index < -0.39 is 0 Å². The summed E-state index contributed by atoms with van der Waals surface area (Å²) in [5.41, 5.74) is 0. The Morgan fingerprint density at radius 1 is 1.26 bits per heavy atom. The second-order valence-electron chi connectivity index (χ2n) is 5.46. The molecule has 0 spiro atoms. The predicted octanol–water partition coefficient (Wildman–Crippen LogP) is 1.55. The molecule has 2 saturated heterocycles. The molecular formula is C14H17N3OS. The highest BCUT2D eigenvalue weighted by Crippen LogP contribution is 2.32. The van der Waals surface area contributed by atoms with Gasteiger partial charge in [0.25, 0.3) is 0 Å². The SMILES string of the molecule is O[C@@H]1C[C@H]2CN(c3nccc4ccsc34)CCN2C1. The van der Waals surface area contributed by atoms with Gasteiger partial charge in [-0.3, -0.25) is 4.90 Å². The molecule has 2 aliphatic rings. The summed E-state index contributed by atoms with van der Waals surface area (Å²) in [7, 11) is 0. The second-order valence-corrected chi connectivity index (χ2v) is 6.37. The first-order valence-electron chi connectivity index (χ1n) is 6.80. The van der Waals surface area contributed by atoms with Gasteiger partial charge in [0.2, 0.25) is 0 Å². The standard InChI is InChI=1S/C14H17N3OS/c18-12-7-11-8-17(5-4-16(11)9-12)14-13-10(1-3-15-14)2-6-19-13/h1-3,6,11-12,18H,4-5,7-9H2/t11-,12+/m0/s1. The average Bonchev–Trinajstić information content (AvgIpc) is 3.01. The summed E-state index contributed by atoms with van der Waals surface area (Å²) in [6.07, 6.45) is 2.66. The highest BCUT2D eigenvalue weighted by atomic mass is 32.1. The lowest BCUT2D eigenvalue weighted by Gasteiger charge is -2.38. The lowest BCUT2D eigenvalue weighted by molar-refractivity contribution is 0.173.